The van der Waals surface area contributed by atoms with Gasteiger partial charge in [0.1, 0.15) is 0 Å². The van der Waals surface area contributed by atoms with Crippen LogP contribution in [0.4, 0.5) is 0 Å². The molecule has 2 heterocycles. The Bertz CT molecular complexity index is 1470. The lowest BCUT2D eigenvalue weighted by atomic mass is 9.98. The molecular weight excluding hydrogens is 453 g/mol. The van der Waals surface area contributed by atoms with Gasteiger partial charge in [-0.3, -0.25) is 0 Å². The average Bonchev–Trinajstić information content (AvgIpc) is 2.84. The molecule has 0 radical (unpaired) electrons. The van der Waals surface area contributed by atoms with Crippen molar-refractivity contribution in [1.82, 2.24) is 15.0 Å². The second kappa shape index (κ2) is 8.81. The Morgan fingerprint density at radius 1 is 0.727 bits per heavy atom. The van der Waals surface area contributed by atoms with Crippen molar-refractivity contribution in [2.45, 2.75) is 6.92 Å². The monoisotopic (exact) mass is 471 g/mol. The van der Waals surface area contributed by atoms with Gasteiger partial charge >= 0.3 is 0 Å². The Morgan fingerprint density at radius 2 is 1.42 bits per heavy atom. The summed E-state index contributed by atoms with van der Waals surface area (Å²) in [6, 6.07) is 25.3. The molecule has 5 rings (SSSR count). The van der Waals surface area contributed by atoms with E-state index in [1.54, 1.807) is 7.11 Å². The van der Waals surface area contributed by atoms with Crippen molar-refractivity contribution in [3.8, 4) is 39.7 Å². The van der Waals surface area contributed by atoms with Crippen LogP contribution >= 0.6 is 23.2 Å². The summed E-state index contributed by atoms with van der Waals surface area (Å²) >= 11 is 12.7. The first kappa shape index (κ1) is 21.4. The predicted molar refractivity (Wildman–Crippen MR) is 135 cm³/mol. The number of fused-ring (bicyclic) bond motifs is 1. The number of nitrogens with zero attached hydrogens (tertiary/aromatic N) is 3. The highest BCUT2D eigenvalue weighted by Crippen LogP contribution is 2.38. The van der Waals surface area contributed by atoms with Gasteiger partial charge in [0.2, 0.25) is 5.88 Å². The zero-order valence-electron chi connectivity index (χ0n) is 18.0. The van der Waals surface area contributed by atoms with Gasteiger partial charge in [-0.1, -0.05) is 83.4 Å². The molecule has 0 amide bonds. The van der Waals surface area contributed by atoms with E-state index in [4.69, 9.17) is 37.9 Å². The first-order valence-corrected chi connectivity index (χ1v) is 11.1. The maximum absolute atomic E-state index is 6.58. The molecule has 5 aromatic rings. The largest absolute Gasteiger partial charge is 0.480 e. The van der Waals surface area contributed by atoms with Crippen LogP contribution in [0.15, 0.2) is 78.9 Å². The fourth-order valence-corrected chi connectivity index (χ4v) is 4.07. The van der Waals surface area contributed by atoms with Crippen molar-refractivity contribution in [3.63, 3.8) is 0 Å². The van der Waals surface area contributed by atoms with Gasteiger partial charge in [0, 0.05) is 26.7 Å². The normalized spacial score (nSPS) is 11.0. The first-order valence-electron chi connectivity index (χ1n) is 10.4. The number of hydrogen-bond donors (Lipinski definition) is 0. The van der Waals surface area contributed by atoms with Crippen molar-refractivity contribution >= 4 is 34.2 Å². The summed E-state index contributed by atoms with van der Waals surface area (Å²) in [5.41, 5.74) is 5.98. The molecule has 0 N–H and O–H groups in total. The maximum atomic E-state index is 6.58. The van der Waals surface area contributed by atoms with Crippen LogP contribution in [0.3, 0.4) is 0 Å². The second-order valence-corrected chi connectivity index (χ2v) is 8.51. The van der Waals surface area contributed by atoms with Gasteiger partial charge in [-0.25, -0.2) is 9.97 Å². The molecule has 6 heteroatoms. The summed E-state index contributed by atoms with van der Waals surface area (Å²) in [7, 11) is 1.60. The topological polar surface area (TPSA) is 47.9 Å². The van der Waals surface area contributed by atoms with Crippen molar-refractivity contribution in [2.75, 3.05) is 7.11 Å². The minimum Gasteiger partial charge on any atom is -0.480 e. The Kier molecular flexibility index (Phi) is 5.71. The van der Waals surface area contributed by atoms with Gasteiger partial charge < -0.3 is 4.74 Å². The zero-order chi connectivity index (χ0) is 22.9. The van der Waals surface area contributed by atoms with Crippen LogP contribution in [0.1, 0.15) is 5.56 Å². The Hall–Kier alpha value is -3.47. The highest BCUT2D eigenvalue weighted by molar-refractivity contribution is 6.33. The van der Waals surface area contributed by atoms with Gasteiger partial charge in [-0.2, -0.15) is 4.98 Å². The fraction of sp³-hybridized carbons (Fsp3) is 0.0741. The van der Waals surface area contributed by atoms with E-state index in [0.717, 1.165) is 27.9 Å². The molecule has 2 aromatic heterocycles. The predicted octanol–water partition coefficient (Wildman–Crippen LogP) is 7.65. The van der Waals surface area contributed by atoms with Crippen molar-refractivity contribution < 1.29 is 4.74 Å². The minimum atomic E-state index is 0.462. The van der Waals surface area contributed by atoms with Crippen LogP contribution in [0.5, 0.6) is 5.88 Å². The van der Waals surface area contributed by atoms with Crippen LogP contribution in [-0.2, 0) is 0 Å². The highest BCUT2D eigenvalue weighted by atomic mass is 35.5. The summed E-state index contributed by atoms with van der Waals surface area (Å²) in [5.74, 6) is 1.01. The minimum absolute atomic E-state index is 0.462. The molecule has 3 aromatic carbocycles. The molecule has 0 atom stereocenters. The quantitative estimate of drug-likeness (QED) is 0.270. The SMILES string of the molecule is COc1nc(-c2ccc(C)cc2)nc2nc(-c3ccccc3Cl)c(-c3ccc(Cl)cc3)cc12. The van der Waals surface area contributed by atoms with Gasteiger partial charge in [0.05, 0.1) is 18.2 Å². The van der Waals surface area contributed by atoms with E-state index in [9.17, 15) is 0 Å². The molecule has 0 unspecified atom stereocenters. The lowest BCUT2D eigenvalue weighted by Crippen LogP contribution is -2.00. The molecule has 33 heavy (non-hydrogen) atoms. The lowest BCUT2D eigenvalue weighted by molar-refractivity contribution is 0.403. The number of hydrogen-bond acceptors (Lipinski definition) is 4. The van der Waals surface area contributed by atoms with E-state index >= 15 is 0 Å². The fourth-order valence-electron chi connectivity index (χ4n) is 3.72. The number of methoxy groups -OCH3 is 1. The first-order chi connectivity index (χ1) is 16.0. The summed E-state index contributed by atoms with van der Waals surface area (Å²) in [5, 5.41) is 1.99. The van der Waals surface area contributed by atoms with Crippen molar-refractivity contribution in [2.24, 2.45) is 0 Å². The Morgan fingerprint density at radius 3 is 2.12 bits per heavy atom. The third-order valence-corrected chi connectivity index (χ3v) is 6.02. The molecule has 162 valence electrons. The van der Waals surface area contributed by atoms with Crippen LogP contribution in [0, 0.1) is 6.92 Å². The van der Waals surface area contributed by atoms with Gasteiger partial charge in [-0.05, 0) is 36.8 Å². The maximum Gasteiger partial charge on any atom is 0.226 e. The smallest absolute Gasteiger partial charge is 0.226 e. The molecule has 0 aliphatic rings. The third-order valence-electron chi connectivity index (χ3n) is 5.44. The van der Waals surface area contributed by atoms with Crippen LogP contribution in [0.2, 0.25) is 10.0 Å². The van der Waals surface area contributed by atoms with Crippen molar-refractivity contribution in [1.29, 1.82) is 0 Å². The zero-order valence-corrected chi connectivity index (χ0v) is 19.5. The average molecular weight is 472 g/mol. The summed E-state index contributed by atoms with van der Waals surface area (Å²) in [6.45, 7) is 2.04. The van der Waals surface area contributed by atoms with E-state index in [1.807, 2.05) is 85.8 Å². The van der Waals surface area contributed by atoms with Crippen LogP contribution < -0.4 is 4.74 Å². The molecule has 0 fully saturated rings. The van der Waals surface area contributed by atoms with Crippen molar-refractivity contribution in [3.05, 3.63) is 94.5 Å². The Balaban J connectivity index is 1.81. The molecule has 0 aliphatic heterocycles. The molecule has 0 aliphatic carbocycles. The molecule has 0 saturated heterocycles. The molecule has 0 bridgehead atoms. The standard InChI is InChI=1S/C27H19Cl2N3O/c1-16-7-9-18(10-8-16)25-31-26-22(27(32-25)33-2)15-21(17-11-13-19(28)14-12-17)24(30-26)20-5-3-4-6-23(20)29/h3-15H,1-2H3. The van der Waals surface area contributed by atoms with E-state index < -0.39 is 0 Å². The summed E-state index contributed by atoms with van der Waals surface area (Å²) in [6.07, 6.45) is 0. The molecular formula is C27H19Cl2N3O. The van der Waals surface area contributed by atoms with Crippen LogP contribution in [0.25, 0.3) is 44.8 Å². The number of aryl methyl sites for hydroxylation is 1. The van der Waals surface area contributed by atoms with Gasteiger partial charge in [-0.15, -0.1) is 0 Å². The Labute approximate surface area is 201 Å². The molecule has 0 spiro atoms. The molecule has 0 saturated carbocycles. The number of benzene rings is 3. The van der Waals surface area contributed by atoms with Gasteiger partial charge in [0.15, 0.2) is 11.5 Å². The number of ether oxygens (including phenoxy) is 1. The highest BCUT2D eigenvalue weighted by Gasteiger charge is 2.18. The number of pyridine rings is 1. The third kappa shape index (κ3) is 4.15. The number of aromatic nitrogens is 3. The van der Waals surface area contributed by atoms with E-state index in [0.29, 0.717) is 32.8 Å². The lowest BCUT2D eigenvalue weighted by Gasteiger charge is -2.14. The van der Waals surface area contributed by atoms with E-state index in [2.05, 4.69) is 4.98 Å². The van der Waals surface area contributed by atoms with Crippen LogP contribution in [-0.4, -0.2) is 22.1 Å². The summed E-state index contributed by atoms with van der Waals surface area (Å²) < 4.78 is 5.65. The number of rotatable bonds is 4. The van der Waals surface area contributed by atoms with E-state index in [1.165, 1.54) is 5.56 Å². The summed E-state index contributed by atoms with van der Waals surface area (Å²) in [4.78, 5) is 14.4. The number of halogens is 2. The second-order valence-electron chi connectivity index (χ2n) is 7.66. The van der Waals surface area contributed by atoms with Gasteiger partial charge in [0.25, 0.3) is 0 Å². The van der Waals surface area contributed by atoms with E-state index in [-0.39, 0.29) is 0 Å². The molecule has 4 nitrogen and oxygen atoms in total.